The number of aryl methyl sites for hydroxylation is 3. The third kappa shape index (κ3) is 3.32. The second kappa shape index (κ2) is 7.21. The van der Waals surface area contributed by atoms with Gasteiger partial charge in [-0.05, 0) is 74.0 Å². The molecule has 0 unspecified atom stereocenters. The molecule has 4 rings (SSSR count). The predicted octanol–water partition coefficient (Wildman–Crippen LogP) is 6.45. The molecule has 0 aliphatic rings. The zero-order valence-electron chi connectivity index (χ0n) is 16.5. The van der Waals surface area contributed by atoms with E-state index in [0.29, 0.717) is 5.56 Å². The summed E-state index contributed by atoms with van der Waals surface area (Å²) in [6.45, 7) is 8.17. The fourth-order valence-corrected chi connectivity index (χ4v) is 4.18. The summed E-state index contributed by atoms with van der Waals surface area (Å²) in [5, 5.41) is 6.02. The van der Waals surface area contributed by atoms with Crippen LogP contribution >= 0.6 is 11.3 Å². The number of hydrogen-bond acceptors (Lipinski definition) is 3. The average molecular weight is 387 g/mol. The fraction of sp³-hybridized carbons (Fsp3) is 0.167. The zero-order chi connectivity index (χ0) is 19.8. The normalized spacial score (nSPS) is 11.0. The van der Waals surface area contributed by atoms with Crippen LogP contribution in [0.2, 0.25) is 0 Å². The van der Waals surface area contributed by atoms with Crippen molar-refractivity contribution in [2.24, 2.45) is 0 Å². The van der Waals surface area contributed by atoms with E-state index in [0.717, 1.165) is 49.4 Å². The van der Waals surface area contributed by atoms with Gasteiger partial charge >= 0.3 is 0 Å². The third-order valence-electron chi connectivity index (χ3n) is 5.12. The molecule has 3 nitrogen and oxygen atoms in total. The van der Waals surface area contributed by atoms with E-state index in [-0.39, 0.29) is 5.91 Å². The maximum Gasteiger partial charge on any atom is 0.256 e. The van der Waals surface area contributed by atoms with E-state index < -0.39 is 0 Å². The van der Waals surface area contributed by atoms with Crippen LogP contribution < -0.4 is 5.32 Å². The summed E-state index contributed by atoms with van der Waals surface area (Å²) in [7, 11) is 0. The Morgan fingerprint density at radius 1 is 0.964 bits per heavy atom. The summed E-state index contributed by atoms with van der Waals surface area (Å²) in [5.41, 5.74) is 7.65. The number of benzene rings is 2. The van der Waals surface area contributed by atoms with E-state index in [9.17, 15) is 4.79 Å². The average Bonchev–Trinajstić information content (AvgIpc) is 3.19. The number of hydrogen-bond donors (Lipinski definition) is 1. The van der Waals surface area contributed by atoms with E-state index in [2.05, 4.69) is 24.4 Å². The SMILES string of the molecule is Cc1cc(C)c2nc(-c3cccs3)cc(C(=O)Nc3cccc(C)c3C)c2c1. The number of pyridine rings is 1. The monoisotopic (exact) mass is 386 g/mol. The van der Waals surface area contributed by atoms with Crippen LogP contribution in [0.15, 0.2) is 53.9 Å². The van der Waals surface area contributed by atoms with Crippen LogP contribution in [-0.2, 0) is 0 Å². The molecule has 0 aliphatic carbocycles. The quantitative estimate of drug-likeness (QED) is 0.440. The highest BCUT2D eigenvalue weighted by atomic mass is 32.1. The zero-order valence-corrected chi connectivity index (χ0v) is 17.3. The van der Waals surface area contributed by atoms with Gasteiger partial charge in [0, 0.05) is 11.1 Å². The first kappa shape index (κ1) is 18.4. The van der Waals surface area contributed by atoms with Crippen LogP contribution in [0.3, 0.4) is 0 Å². The van der Waals surface area contributed by atoms with Crippen molar-refractivity contribution in [1.82, 2.24) is 4.98 Å². The standard InChI is InChI=1S/C24H22N2OS/c1-14-11-16(3)23-18(12-14)19(13-21(25-23)22-9-6-10-28-22)24(27)26-20-8-5-7-15(2)17(20)4/h5-13H,1-4H3,(H,26,27). The molecule has 0 saturated carbocycles. The third-order valence-corrected chi connectivity index (χ3v) is 6.01. The highest BCUT2D eigenvalue weighted by Crippen LogP contribution is 2.31. The Morgan fingerprint density at radius 2 is 1.79 bits per heavy atom. The predicted molar refractivity (Wildman–Crippen MR) is 118 cm³/mol. The highest BCUT2D eigenvalue weighted by Gasteiger charge is 2.17. The van der Waals surface area contributed by atoms with Gasteiger partial charge in [0.25, 0.3) is 5.91 Å². The summed E-state index contributed by atoms with van der Waals surface area (Å²) in [6.07, 6.45) is 0. The Labute approximate surface area is 169 Å². The van der Waals surface area contributed by atoms with E-state index >= 15 is 0 Å². The van der Waals surface area contributed by atoms with E-state index in [4.69, 9.17) is 4.98 Å². The van der Waals surface area contributed by atoms with Gasteiger partial charge < -0.3 is 5.32 Å². The molecule has 0 atom stereocenters. The van der Waals surface area contributed by atoms with Crippen molar-refractivity contribution >= 4 is 33.8 Å². The molecule has 4 aromatic rings. The number of rotatable bonds is 3. The topological polar surface area (TPSA) is 42.0 Å². The Kier molecular flexibility index (Phi) is 4.73. The Morgan fingerprint density at radius 3 is 2.54 bits per heavy atom. The fourth-order valence-electron chi connectivity index (χ4n) is 3.50. The summed E-state index contributed by atoms with van der Waals surface area (Å²) in [5.74, 6) is -0.107. The lowest BCUT2D eigenvalue weighted by Crippen LogP contribution is -2.14. The van der Waals surface area contributed by atoms with E-state index in [1.54, 1.807) is 11.3 Å². The number of thiophene rings is 1. The molecule has 2 heterocycles. The molecule has 1 amide bonds. The second-order valence-corrected chi connectivity index (χ2v) is 8.16. The van der Waals surface area contributed by atoms with Crippen LogP contribution in [-0.4, -0.2) is 10.9 Å². The molecule has 0 radical (unpaired) electrons. The van der Waals surface area contributed by atoms with Crippen LogP contribution in [0.1, 0.15) is 32.6 Å². The van der Waals surface area contributed by atoms with Crippen LogP contribution in [0.5, 0.6) is 0 Å². The van der Waals surface area contributed by atoms with Gasteiger partial charge in [0.15, 0.2) is 0 Å². The number of amides is 1. The molecule has 140 valence electrons. The van der Waals surface area contributed by atoms with Crippen molar-refractivity contribution in [3.8, 4) is 10.6 Å². The lowest BCUT2D eigenvalue weighted by Gasteiger charge is -2.14. The van der Waals surface area contributed by atoms with Gasteiger partial charge in [-0.2, -0.15) is 0 Å². The van der Waals surface area contributed by atoms with Crippen molar-refractivity contribution in [3.63, 3.8) is 0 Å². The smallest absolute Gasteiger partial charge is 0.256 e. The number of aromatic nitrogens is 1. The van der Waals surface area contributed by atoms with Gasteiger partial charge in [-0.3, -0.25) is 4.79 Å². The van der Waals surface area contributed by atoms with Crippen LogP contribution in [0.4, 0.5) is 5.69 Å². The van der Waals surface area contributed by atoms with Crippen molar-refractivity contribution in [1.29, 1.82) is 0 Å². The van der Waals surface area contributed by atoms with E-state index in [1.807, 2.05) is 62.5 Å². The largest absolute Gasteiger partial charge is 0.322 e. The molecular formula is C24H22N2OS. The van der Waals surface area contributed by atoms with Crippen molar-refractivity contribution in [2.45, 2.75) is 27.7 Å². The van der Waals surface area contributed by atoms with Gasteiger partial charge in [-0.15, -0.1) is 11.3 Å². The minimum atomic E-state index is -0.107. The molecular weight excluding hydrogens is 364 g/mol. The molecule has 4 heteroatoms. The molecule has 1 N–H and O–H groups in total. The van der Waals surface area contributed by atoms with Crippen molar-refractivity contribution < 1.29 is 4.79 Å². The molecule has 28 heavy (non-hydrogen) atoms. The van der Waals surface area contributed by atoms with Crippen LogP contribution in [0, 0.1) is 27.7 Å². The summed E-state index contributed by atoms with van der Waals surface area (Å²) >= 11 is 1.63. The molecule has 0 saturated heterocycles. The summed E-state index contributed by atoms with van der Waals surface area (Å²) in [6, 6.07) is 16.1. The summed E-state index contributed by atoms with van der Waals surface area (Å²) < 4.78 is 0. The van der Waals surface area contributed by atoms with Gasteiger partial charge in [0.2, 0.25) is 0 Å². The maximum atomic E-state index is 13.3. The minimum Gasteiger partial charge on any atom is -0.322 e. The number of nitrogens with zero attached hydrogens (tertiary/aromatic N) is 1. The molecule has 0 spiro atoms. The van der Waals surface area contributed by atoms with Crippen LogP contribution in [0.25, 0.3) is 21.5 Å². The van der Waals surface area contributed by atoms with E-state index in [1.165, 1.54) is 0 Å². The Hall–Kier alpha value is -2.98. The first-order valence-electron chi connectivity index (χ1n) is 9.27. The van der Waals surface area contributed by atoms with Crippen molar-refractivity contribution in [2.75, 3.05) is 5.32 Å². The van der Waals surface area contributed by atoms with Gasteiger partial charge in [-0.1, -0.05) is 29.8 Å². The lowest BCUT2D eigenvalue weighted by molar-refractivity contribution is 0.102. The highest BCUT2D eigenvalue weighted by molar-refractivity contribution is 7.13. The number of carbonyl (C=O) groups is 1. The van der Waals surface area contributed by atoms with Gasteiger partial charge in [0.1, 0.15) is 0 Å². The molecule has 2 aromatic heterocycles. The number of nitrogens with one attached hydrogen (secondary N) is 1. The molecule has 0 bridgehead atoms. The Bertz CT molecular complexity index is 1190. The molecule has 0 fully saturated rings. The van der Waals surface area contributed by atoms with Crippen molar-refractivity contribution in [3.05, 3.63) is 81.7 Å². The first-order valence-corrected chi connectivity index (χ1v) is 10.2. The second-order valence-electron chi connectivity index (χ2n) is 7.21. The van der Waals surface area contributed by atoms with Gasteiger partial charge in [0.05, 0.1) is 21.7 Å². The lowest BCUT2D eigenvalue weighted by atomic mass is 10.0. The first-order chi connectivity index (χ1) is 13.4. The Balaban J connectivity index is 1.89. The number of anilines is 1. The van der Waals surface area contributed by atoms with Gasteiger partial charge in [-0.25, -0.2) is 4.98 Å². The maximum absolute atomic E-state index is 13.3. The summed E-state index contributed by atoms with van der Waals surface area (Å²) in [4.78, 5) is 19.2. The minimum absolute atomic E-state index is 0.107. The number of fused-ring (bicyclic) bond motifs is 1. The number of carbonyl (C=O) groups excluding carboxylic acids is 1. The molecule has 2 aromatic carbocycles. The molecule has 0 aliphatic heterocycles.